The average Bonchev–Trinajstić information content (AvgIpc) is 2.45. The maximum atomic E-state index is 12.4. The van der Waals surface area contributed by atoms with Crippen LogP contribution in [0.2, 0.25) is 0 Å². The summed E-state index contributed by atoms with van der Waals surface area (Å²) in [6.45, 7) is 1.93. The lowest BCUT2D eigenvalue weighted by atomic mass is 9.78. The van der Waals surface area contributed by atoms with Gasteiger partial charge in [0.05, 0.1) is 24.9 Å². The molecule has 0 aromatic heterocycles. The first-order valence-corrected chi connectivity index (χ1v) is 6.94. The molecule has 0 aromatic rings. The van der Waals surface area contributed by atoms with Gasteiger partial charge in [-0.25, -0.2) is 0 Å². The van der Waals surface area contributed by atoms with Crippen LogP contribution in [0.3, 0.4) is 0 Å². The minimum atomic E-state index is -0.905. The number of rotatable bonds is 5. The van der Waals surface area contributed by atoms with Crippen molar-refractivity contribution in [3.05, 3.63) is 0 Å². The monoisotopic (exact) mass is 285 g/mol. The summed E-state index contributed by atoms with van der Waals surface area (Å²) in [4.78, 5) is 36.4. The zero-order valence-electron chi connectivity index (χ0n) is 12.3. The third-order valence-corrected chi connectivity index (χ3v) is 3.93. The lowest BCUT2D eigenvalue weighted by Crippen LogP contribution is -2.43. The van der Waals surface area contributed by atoms with Gasteiger partial charge in [-0.3, -0.25) is 14.4 Å². The van der Waals surface area contributed by atoms with E-state index in [9.17, 15) is 19.5 Å². The molecular formula is C14H23NO5. The molecule has 1 aliphatic carbocycles. The van der Waals surface area contributed by atoms with Crippen molar-refractivity contribution in [2.45, 2.75) is 32.6 Å². The van der Waals surface area contributed by atoms with Crippen LogP contribution in [0.1, 0.15) is 32.6 Å². The summed E-state index contributed by atoms with van der Waals surface area (Å²) < 4.78 is 4.63. The smallest absolute Gasteiger partial charge is 0.310 e. The summed E-state index contributed by atoms with van der Waals surface area (Å²) in [7, 11) is 2.91. The van der Waals surface area contributed by atoms with Crippen LogP contribution in [0, 0.1) is 17.8 Å². The number of methoxy groups -OCH3 is 1. The zero-order chi connectivity index (χ0) is 15.3. The van der Waals surface area contributed by atoms with Gasteiger partial charge in [0, 0.05) is 13.6 Å². The van der Waals surface area contributed by atoms with Gasteiger partial charge in [-0.05, 0) is 12.8 Å². The highest BCUT2D eigenvalue weighted by atomic mass is 16.5. The Labute approximate surface area is 119 Å². The third-order valence-electron chi connectivity index (χ3n) is 3.93. The molecule has 3 atom stereocenters. The number of carbonyl (C=O) groups is 3. The number of hydrogen-bond donors (Lipinski definition) is 1. The van der Waals surface area contributed by atoms with Crippen LogP contribution in [0.15, 0.2) is 0 Å². The maximum Gasteiger partial charge on any atom is 0.310 e. The third kappa shape index (κ3) is 3.95. The van der Waals surface area contributed by atoms with Gasteiger partial charge in [0.15, 0.2) is 0 Å². The van der Waals surface area contributed by atoms with E-state index < -0.39 is 23.7 Å². The molecule has 1 amide bonds. The van der Waals surface area contributed by atoms with Crippen molar-refractivity contribution in [1.29, 1.82) is 0 Å². The van der Waals surface area contributed by atoms with Gasteiger partial charge < -0.3 is 14.7 Å². The highest BCUT2D eigenvalue weighted by Gasteiger charge is 2.37. The lowest BCUT2D eigenvalue weighted by molar-refractivity contribution is -0.153. The first kappa shape index (κ1) is 16.5. The molecule has 6 nitrogen and oxygen atoms in total. The van der Waals surface area contributed by atoms with Crippen LogP contribution in [0.4, 0.5) is 0 Å². The molecule has 1 fully saturated rings. The zero-order valence-corrected chi connectivity index (χ0v) is 12.3. The second-order valence-electron chi connectivity index (χ2n) is 5.48. The second-order valence-corrected chi connectivity index (χ2v) is 5.48. The average molecular weight is 285 g/mol. The van der Waals surface area contributed by atoms with Crippen molar-refractivity contribution < 1.29 is 24.2 Å². The van der Waals surface area contributed by atoms with Crippen molar-refractivity contribution in [1.82, 2.24) is 4.90 Å². The number of carboxylic acid groups (broad SMARTS) is 1. The largest absolute Gasteiger partial charge is 0.481 e. The molecule has 0 spiro atoms. The molecule has 1 rings (SSSR count). The highest BCUT2D eigenvalue weighted by Crippen LogP contribution is 2.31. The Morgan fingerprint density at radius 2 is 1.80 bits per heavy atom. The van der Waals surface area contributed by atoms with Crippen LogP contribution in [-0.2, 0) is 19.1 Å². The molecule has 0 bridgehead atoms. The van der Waals surface area contributed by atoms with Gasteiger partial charge in [0.25, 0.3) is 0 Å². The Balaban J connectivity index is 2.67. The van der Waals surface area contributed by atoms with E-state index in [-0.39, 0.29) is 18.4 Å². The molecule has 6 heteroatoms. The molecule has 0 heterocycles. The molecule has 20 heavy (non-hydrogen) atoms. The van der Waals surface area contributed by atoms with Crippen molar-refractivity contribution in [3.8, 4) is 0 Å². The van der Waals surface area contributed by atoms with Gasteiger partial charge in [-0.2, -0.15) is 0 Å². The number of hydrogen-bond acceptors (Lipinski definition) is 4. The number of amides is 1. The predicted molar refractivity (Wildman–Crippen MR) is 71.9 cm³/mol. The van der Waals surface area contributed by atoms with Crippen LogP contribution in [0.25, 0.3) is 0 Å². The summed E-state index contributed by atoms with van der Waals surface area (Å²) in [5.74, 6) is -2.96. The van der Waals surface area contributed by atoms with E-state index in [0.29, 0.717) is 12.8 Å². The molecule has 0 aromatic carbocycles. The number of carboxylic acids is 1. The van der Waals surface area contributed by atoms with Crippen molar-refractivity contribution in [3.63, 3.8) is 0 Å². The summed E-state index contributed by atoms with van der Waals surface area (Å²) >= 11 is 0. The number of nitrogens with zero attached hydrogens (tertiary/aromatic N) is 1. The number of aliphatic carboxylic acids is 1. The molecule has 1 N–H and O–H groups in total. The topological polar surface area (TPSA) is 83.9 Å². The standard InChI is InChI=1S/C14H23NO5/c1-9(14(19)20-3)8-15(2)12(16)10-6-4-5-7-11(10)13(17)18/h9-11H,4-8H2,1-3H3,(H,17,18)/t9?,10-,11+/m1/s1. The molecule has 114 valence electrons. The fourth-order valence-corrected chi connectivity index (χ4v) is 2.78. The minimum absolute atomic E-state index is 0.187. The van der Waals surface area contributed by atoms with E-state index in [1.165, 1.54) is 12.0 Å². The van der Waals surface area contributed by atoms with Gasteiger partial charge in [0.1, 0.15) is 0 Å². The fraction of sp³-hybridized carbons (Fsp3) is 0.786. The quantitative estimate of drug-likeness (QED) is 0.766. The SMILES string of the molecule is COC(=O)C(C)CN(C)C(=O)[C@@H]1CCCC[C@@H]1C(=O)O. The van der Waals surface area contributed by atoms with Crippen LogP contribution in [-0.4, -0.2) is 48.6 Å². The van der Waals surface area contributed by atoms with Gasteiger partial charge >= 0.3 is 11.9 Å². The second kappa shape index (κ2) is 7.26. The van der Waals surface area contributed by atoms with Crippen molar-refractivity contribution >= 4 is 17.8 Å². The lowest BCUT2D eigenvalue weighted by Gasteiger charge is -2.31. The Bertz CT molecular complexity index is 382. The molecule has 1 saturated carbocycles. The number of esters is 1. The van der Waals surface area contributed by atoms with Gasteiger partial charge in [-0.15, -0.1) is 0 Å². The summed E-state index contributed by atoms with van der Waals surface area (Å²) in [6, 6.07) is 0. The van der Waals surface area contributed by atoms with E-state index in [4.69, 9.17) is 0 Å². The van der Waals surface area contributed by atoms with Gasteiger partial charge in [-0.1, -0.05) is 19.8 Å². The first-order valence-electron chi connectivity index (χ1n) is 6.94. The van der Waals surface area contributed by atoms with Gasteiger partial charge in [0.2, 0.25) is 5.91 Å². The normalized spacial score (nSPS) is 23.8. The van der Waals surface area contributed by atoms with Crippen molar-refractivity contribution in [2.75, 3.05) is 20.7 Å². The fourth-order valence-electron chi connectivity index (χ4n) is 2.78. The highest BCUT2D eigenvalue weighted by molar-refractivity contribution is 5.85. The van der Waals surface area contributed by atoms with Crippen LogP contribution < -0.4 is 0 Å². The summed E-state index contributed by atoms with van der Waals surface area (Å²) in [5, 5.41) is 9.20. The Morgan fingerprint density at radius 1 is 1.25 bits per heavy atom. The number of carbonyl (C=O) groups excluding carboxylic acids is 2. The maximum absolute atomic E-state index is 12.4. The minimum Gasteiger partial charge on any atom is -0.481 e. The van der Waals surface area contributed by atoms with Crippen molar-refractivity contribution in [2.24, 2.45) is 17.8 Å². The molecule has 0 saturated heterocycles. The first-order chi connectivity index (χ1) is 9.38. The molecular weight excluding hydrogens is 262 g/mol. The molecule has 1 unspecified atom stereocenters. The number of ether oxygens (including phenoxy) is 1. The Morgan fingerprint density at radius 3 is 2.30 bits per heavy atom. The van der Waals surface area contributed by atoms with E-state index in [2.05, 4.69) is 4.74 Å². The van der Waals surface area contributed by atoms with E-state index in [0.717, 1.165) is 12.8 Å². The van der Waals surface area contributed by atoms with Crippen LogP contribution in [0.5, 0.6) is 0 Å². The molecule has 0 radical (unpaired) electrons. The van der Waals surface area contributed by atoms with Crippen LogP contribution >= 0.6 is 0 Å². The summed E-state index contributed by atoms with van der Waals surface area (Å²) in [5.41, 5.74) is 0. The van der Waals surface area contributed by atoms with E-state index in [1.807, 2.05) is 0 Å². The van der Waals surface area contributed by atoms with E-state index >= 15 is 0 Å². The summed E-state index contributed by atoms with van der Waals surface area (Å²) in [6.07, 6.45) is 2.88. The Hall–Kier alpha value is -1.59. The Kier molecular flexibility index (Phi) is 5.98. The molecule has 1 aliphatic rings. The molecule has 0 aliphatic heterocycles. The van der Waals surface area contributed by atoms with E-state index in [1.54, 1.807) is 14.0 Å². The predicted octanol–water partition coefficient (Wildman–Crippen LogP) is 1.14.